The molecule has 0 spiro atoms. The molecule has 0 saturated heterocycles. The van der Waals surface area contributed by atoms with Gasteiger partial charge in [-0.3, -0.25) is 4.98 Å². The number of hydrogen-bond acceptors (Lipinski definition) is 4. The lowest BCUT2D eigenvalue weighted by atomic mass is 10.0. The van der Waals surface area contributed by atoms with Crippen molar-refractivity contribution in [3.63, 3.8) is 0 Å². The Kier molecular flexibility index (Phi) is 3.31. The van der Waals surface area contributed by atoms with E-state index in [4.69, 9.17) is 0 Å². The lowest BCUT2D eigenvalue weighted by molar-refractivity contribution is 0.633. The van der Waals surface area contributed by atoms with Gasteiger partial charge in [-0.1, -0.05) is 6.92 Å². The number of nitrogens with zero attached hydrogens (tertiary/aromatic N) is 3. The highest BCUT2D eigenvalue weighted by molar-refractivity contribution is 7.10. The third-order valence-corrected chi connectivity index (χ3v) is 4.15. The first kappa shape index (κ1) is 12.3. The zero-order chi connectivity index (χ0) is 13.2. The molecule has 1 unspecified atom stereocenters. The van der Waals surface area contributed by atoms with E-state index in [-0.39, 0.29) is 6.04 Å². The van der Waals surface area contributed by atoms with Gasteiger partial charge in [0.15, 0.2) is 0 Å². The van der Waals surface area contributed by atoms with E-state index in [1.165, 1.54) is 16.0 Å². The van der Waals surface area contributed by atoms with Crippen molar-refractivity contribution in [2.24, 2.45) is 0 Å². The molecule has 0 aliphatic heterocycles. The second-order valence-electron chi connectivity index (χ2n) is 4.43. The Bertz CT molecular complexity index is 685. The Morgan fingerprint density at radius 2 is 2.26 bits per heavy atom. The van der Waals surface area contributed by atoms with Gasteiger partial charge >= 0.3 is 0 Å². The van der Waals surface area contributed by atoms with Crippen LogP contribution < -0.4 is 5.32 Å². The molecule has 0 bridgehead atoms. The molecule has 4 nitrogen and oxygen atoms in total. The monoisotopic (exact) mass is 272 g/mol. The maximum absolute atomic E-state index is 4.40. The van der Waals surface area contributed by atoms with E-state index in [0.29, 0.717) is 0 Å². The molecular formula is C14H16N4S. The summed E-state index contributed by atoms with van der Waals surface area (Å²) in [5.41, 5.74) is 3.56. The van der Waals surface area contributed by atoms with Gasteiger partial charge in [0.1, 0.15) is 0 Å². The summed E-state index contributed by atoms with van der Waals surface area (Å²) in [4.78, 5) is 5.55. The first-order valence-corrected chi connectivity index (χ1v) is 7.24. The zero-order valence-corrected chi connectivity index (χ0v) is 11.8. The number of rotatable bonds is 4. The van der Waals surface area contributed by atoms with Gasteiger partial charge < -0.3 is 5.32 Å². The topological polar surface area (TPSA) is 42.2 Å². The van der Waals surface area contributed by atoms with Crippen LogP contribution in [0.1, 0.15) is 29.0 Å². The van der Waals surface area contributed by atoms with E-state index in [9.17, 15) is 0 Å². The molecule has 0 saturated carbocycles. The third-order valence-electron chi connectivity index (χ3n) is 3.28. The minimum Gasteiger partial charge on any atom is -0.306 e. The SMILES string of the molecule is CCNC(c1ccsc1C)c1cnn2ccncc12. The van der Waals surface area contributed by atoms with Gasteiger partial charge in [-0.05, 0) is 30.5 Å². The Hall–Kier alpha value is -1.72. The Labute approximate surface area is 116 Å². The van der Waals surface area contributed by atoms with Gasteiger partial charge in [0.25, 0.3) is 0 Å². The summed E-state index contributed by atoms with van der Waals surface area (Å²) < 4.78 is 1.87. The summed E-state index contributed by atoms with van der Waals surface area (Å²) in [5.74, 6) is 0. The second kappa shape index (κ2) is 5.11. The normalized spacial score (nSPS) is 12.9. The first-order valence-electron chi connectivity index (χ1n) is 6.36. The molecule has 0 aromatic carbocycles. The van der Waals surface area contributed by atoms with Crippen LogP contribution in [0.5, 0.6) is 0 Å². The van der Waals surface area contributed by atoms with Crippen LogP contribution in [0.25, 0.3) is 5.52 Å². The van der Waals surface area contributed by atoms with Crippen molar-refractivity contribution in [1.29, 1.82) is 0 Å². The quantitative estimate of drug-likeness (QED) is 0.794. The van der Waals surface area contributed by atoms with Crippen LogP contribution in [-0.2, 0) is 0 Å². The average Bonchev–Trinajstić information content (AvgIpc) is 3.03. The van der Waals surface area contributed by atoms with Gasteiger partial charge in [-0.2, -0.15) is 5.10 Å². The van der Waals surface area contributed by atoms with Crippen LogP contribution in [-0.4, -0.2) is 21.1 Å². The van der Waals surface area contributed by atoms with Gasteiger partial charge in [0, 0.05) is 22.8 Å². The van der Waals surface area contributed by atoms with Gasteiger partial charge in [0.05, 0.1) is 24.0 Å². The maximum atomic E-state index is 4.40. The zero-order valence-electron chi connectivity index (χ0n) is 11.0. The number of aryl methyl sites for hydroxylation is 1. The summed E-state index contributed by atoms with van der Waals surface area (Å²) >= 11 is 1.78. The largest absolute Gasteiger partial charge is 0.306 e. The van der Waals surface area contributed by atoms with E-state index in [2.05, 4.69) is 40.7 Å². The summed E-state index contributed by atoms with van der Waals surface area (Å²) in [6, 6.07) is 2.37. The molecular weight excluding hydrogens is 256 g/mol. The van der Waals surface area contributed by atoms with E-state index < -0.39 is 0 Å². The Morgan fingerprint density at radius 3 is 3.00 bits per heavy atom. The molecule has 1 N–H and O–H groups in total. The van der Waals surface area contributed by atoms with Crippen molar-refractivity contribution in [3.8, 4) is 0 Å². The van der Waals surface area contributed by atoms with E-state index in [1.54, 1.807) is 17.5 Å². The number of nitrogens with one attached hydrogen (secondary N) is 1. The molecule has 3 rings (SSSR count). The summed E-state index contributed by atoms with van der Waals surface area (Å²) in [6.07, 6.45) is 7.43. The predicted molar refractivity (Wildman–Crippen MR) is 77.6 cm³/mol. The lowest BCUT2D eigenvalue weighted by Crippen LogP contribution is -2.22. The van der Waals surface area contributed by atoms with E-state index in [0.717, 1.165) is 12.1 Å². The Balaban J connectivity index is 2.12. The van der Waals surface area contributed by atoms with Gasteiger partial charge in [0.2, 0.25) is 0 Å². The highest BCUT2D eigenvalue weighted by Crippen LogP contribution is 2.30. The molecule has 0 radical (unpaired) electrons. The van der Waals surface area contributed by atoms with Crippen molar-refractivity contribution < 1.29 is 0 Å². The van der Waals surface area contributed by atoms with Crippen LogP contribution in [0.2, 0.25) is 0 Å². The van der Waals surface area contributed by atoms with Gasteiger partial charge in [-0.25, -0.2) is 4.52 Å². The third kappa shape index (κ3) is 2.15. The molecule has 0 aliphatic carbocycles. The van der Waals surface area contributed by atoms with Crippen LogP contribution in [0.4, 0.5) is 0 Å². The van der Waals surface area contributed by atoms with Crippen molar-refractivity contribution >= 4 is 16.9 Å². The minimum atomic E-state index is 0.179. The molecule has 1 atom stereocenters. The van der Waals surface area contributed by atoms with Crippen molar-refractivity contribution in [3.05, 3.63) is 52.2 Å². The number of aromatic nitrogens is 3. The fraction of sp³-hybridized carbons (Fsp3) is 0.286. The van der Waals surface area contributed by atoms with Gasteiger partial charge in [-0.15, -0.1) is 11.3 Å². The molecule has 3 aromatic rings. The molecule has 98 valence electrons. The fourth-order valence-electron chi connectivity index (χ4n) is 2.36. The fourth-order valence-corrected chi connectivity index (χ4v) is 3.10. The first-order chi connectivity index (χ1) is 9.31. The number of hydrogen-bond donors (Lipinski definition) is 1. The molecule has 5 heteroatoms. The van der Waals surface area contributed by atoms with Crippen molar-refractivity contribution in [2.75, 3.05) is 6.54 Å². The van der Waals surface area contributed by atoms with Crippen LogP contribution in [0.15, 0.2) is 36.2 Å². The molecule has 19 heavy (non-hydrogen) atoms. The van der Waals surface area contributed by atoms with Crippen molar-refractivity contribution in [1.82, 2.24) is 19.9 Å². The molecule has 3 aromatic heterocycles. The lowest BCUT2D eigenvalue weighted by Gasteiger charge is -2.17. The maximum Gasteiger partial charge on any atom is 0.0896 e. The number of thiophene rings is 1. The van der Waals surface area contributed by atoms with Crippen LogP contribution in [0.3, 0.4) is 0 Å². The van der Waals surface area contributed by atoms with E-state index >= 15 is 0 Å². The highest BCUT2D eigenvalue weighted by Gasteiger charge is 2.19. The summed E-state index contributed by atoms with van der Waals surface area (Å²) in [6.45, 7) is 5.20. The standard InChI is InChI=1S/C14H16N4S/c1-3-16-14(11-4-7-19-10(11)2)12-8-17-18-6-5-15-9-13(12)18/h4-9,14,16H,3H2,1-2H3. The van der Waals surface area contributed by atoms with Crippen LogP contribution >= 0.6 is 11.3 Å². The molecule has 0 amide bonds. The van der Waals surface area contributed by atoms with E-state index in [1.807, 2.05) is 23.1 Å². The average molecular weight is 272 g/mol. The van der Waals surface area contributed by atoms with Crippen molar-refractivity contribution in [2.45, 2.75) is 19.9 Å². The molecule has 0 aliphatic rings. The number of fused-ring (bicyclic) bond motifs is 1. The summed E-state index contributed by atoms with van der Waals surface area (Å²) in [5, 5.41) is 10.1. The molecule has 3 heterocycles. The second-order valence-corrected chi connectivity index (χ2v) is 5.55. The molecule has 0 fully saturated rings. The smallest absolute Gasteiger partial charge is 0.0896 e. The Morgan fingerprint density at radius 1 is 1.37 bits per heavy atom. The minimum absolute atomic E-state index is 0.179. The van der Waals surface area contributed by atoms with Crippen LogP contribution in [0, 0.1) is 6.92 Å². The highest BCUT2D eigenvalue weighted by atomic mass is 32.1. The summed E-state index contributed by atoms with van der Waals surface area (Å²) in [7, 11) is 0. The predicted octanol–water partition coefficient (Wildman–Crippen LogP) is 2.80.